The zero-order valence-corrected chi connectivity index (χ0v) is 12.7. The number of fused-ring (bicyclic) bond motifs is 1. The highest BCUT2D eigenvalue weighted by Crippen LogP contribution is 2.32. The van der Waals surface area contributed by atoms with Crippen molar-refractivity contribution < 1.29 is 19.7 Å². The third kappa shape index (κ3) is 4.29. The summed E-state index contributed by atoms with van der Waals surface area (Å²) in [7, 11) is 0. The number of rotatable bonds is 6. The van der Waals surface area contributed by atoms with Crippen LogP contribution in [0.25, 0.3) is 10.8 Å². The third-order valence-electron chi connectivity index (χ3n) is 3.02. The SMILES string of the molecule is CCCCOC(=O)CSc1ccc2cc(O)c(O)cc2c1. The molecular weight excluding hydrogens is 288 g/mol. The first kappa shape index (κ1) is 15.5. The maximum atomic E-state index is 11.5. The third-order valence-corrected chi connectivity index (χ3v) is 3.99. The van der Waals surface area contributed by atoms with E-state index < -0.39 is 0 Å². The van der Waals surface area contributed by atoms with E-state index in [1.807, 2.05) is 25.1 Å². The van der Waals surface area contributed by atoms with Crippen molar-refractivity contribution in [1.29, 1.82) is 0 Å². The van der Waals surface area contributed by atoms with E-state index in [2.05, 4.69) is 0 Å². The number of aromatic hydroxyl groups is 2. The predicted octanol–water partition coefficient (Wildman–Crippen LogP) is 3.69. The second-order valence-corrected chi connectivity index (χ2v) is 5.76. The summed E-state index contributed by atoms with van der Waals surface area (Å²) in [5.74, 6) is -0.243. The van der Waals surface area contributed by atoms with Crippen LogP contribution in [-0.4, -0.2) is 28.5 Å². The van der Waals surface area contributed by atoms with Crippen LogP contribution in [0.3, 0.4) is 0 Å². The van der Waals surface area contributed by atoms with E-state index in [4.69, 9.17) is 4.74 Å². The number of carbonyl (C=O) groups excluding carboxylic acids is 1. The molecule has 112 valence electrons. The monoisotopic (exact) mass is 306 g/mol. The molecule has 2 aromatic rings. The van der Waals surface area contributed by atoms with Gasteiger partial charge in [-0.15, -0.1) is 11.8 Å². The molecular formula is C16H18O4S. The van der Waals surface area contributed by atoms with E-state index in [1.165, 1.54) is 23.9 Å². The van der Waals surface area contributed by atoms with E-state index in [-0.39, 0.29) is 23.2 Å². The normalized spacial score (nSPS) is 10.7. The highest BCUT2D eigenvalue weighted by molar-refractivity contribution is 8.00. The van der Waals surface area contributed by atoms with Crippen LogP contribution < -0.4 is 0 Å². The molecule has 0 saturated heterocycles. The maximum absolute atomic E-state index is 11.5. The Kier molecular flexibility index (Phi) is 5.33. The lowest BCUT2D eigenvalue weighted by atomic mass is 10.1. The molecule has 0 atom stereocenters. The summed E-state index contributed by atoms with van der Waals surface area (Å²) >= 11 is 1.39. The Morgan fingerprint density at radius 2 is 1.86 bits per heavy atom. The van der Waals surface area contributed by atoms with Gasteiger partial charge in [-0.1, -0.05) is 19.4 Å². The summed E-state index contributed by atoms with van der Waals surface area (Å²) in [4.78, 5) is 12.5. The van der Waals surface area contributed by atoms with Gasteiger partial charge >= 0.3 is 5.97 Å². The molecule has 0 aromatic heterocycles. The lowest BCUT2D eigenvalue weighted by Gasteiger charge is -2.06. The molecule has 0 amide bonds. The second kappa shape index (κ2) is 7.22. The zero-order chi connectivity index (χ0) is 15.2. The van der Waals surface area contributed by atoms with Gasteiger partial charge in [0.15, 0.2) is 11.5 Å². The molecule has 0 saturated carbocycles. The van der Waals surface area contributed by atoms with Gasteiger partial charge < -0.3 is 14.9 Å². The van der Waals surface area contributed by atoms with Gasteiger partial charge in [-0.2, -0.15) is 0 Å². The fourth-order valence-corrected chi connectivity index (χ4v) is 2.60. The van der Waals surface area contributed by atoms with Crippen molar-refractivity contribution >= 4 is 28.5 Å². The van der Waals surface area contributed by atoms with Gasteiger partial charge in [-0.25, -0.2) is 0 Å². The summed E-state index contributed by atoms with van der Waals surface area (Å²) < 4.78 is 5.09. The molecule has 0 fully saturated rings. The number of hydrogen-bond acceptors (Lipinski definition) is 5. The summed E-state index contributed by atoms with van der Waals surface area (Å²) in [6.07, 6.45) is 1.89. The van der Waals surface area contributed by atoms with Crippen molar-refractivity contribution in [2.45, 2.75) is 24.7 Å². The van der Waals surface area contributed by atoms with E-state index in [9.17, 15) is 15.0 Å². The van der Waals surface area contributed by atoms with Gasteiger partial charge in [-0.3, -0.25) is 4.79 Å². The summed E-state index contributed by atoms with van der Waals surface area (Å²) in [5.41, 5.74) is 0. The first-order chi connectivity index (χ1) is 10.1. The molecule has 0 bridgehead atoms. The molecule has 0 spiro atoms. The average Bonchev–Trinajstić information content (AvgIpc) is 2.46. The number of phenolic OH excluding ortho intramolecular Hbond substituents is 2. The molecule has 21 heavy (non-hydrogen) atoms. The number of unbranched alkanes of at least 4 members (excludes halogenated alkanes) is 1. The Bertz CT molecular complexity index is 639. The summed E-state index contributed by atoms with van der Waals surface area (Å²) in [5, 5.41) is 20.6. The van der Waals surface area contributed by atoms with Crippen LogP contribution in [0.1, 0.15) is 19.8 Å². The van der Waals surface area contributed by atoms with E-state index in [0.717, 1.165) is 28.5 Å². The molecule has 0 aliphatic carbocycles. The Morgan fingerprint density at radius 1 is 1.14 bits per heavy atom. The highest BCUT2D eigenvalue weighted by Gasteiger charge is 2.06. The van der Waals surface area contributed by atoms with Gasteiger partial charge in [0, 0.05) is 4.90 Å². The van der Waals surface area contributed by atoms with Crippen molar-refractivity contribution in [2.75, 3.05) is 12.4 Å². The molecule has 2 N–H and O–H groups in total. The Labute approximate surface area is 127 Å². The van der Waals surface area contributed by atoms with Crippen LogP contribution in [0.4, 0.5) is 0 Å². The van der Waals surface area contributed by atoms with E-state index in [0.29, 0.717) is 6.61 Å². The molecule has 0 heterocycles. The first-order valence-electron chi connectivity index (χ1n) is 6.84. The summed E-state index contributed by atoms with van der Waals surface area (Å²) in [6.45, 7) is 2.52. The second-order valence-electron chi connectivity index (χ2n) is 4.71. The smallest absolute Gasteiger partial charge is 0.316 e. The summed E-state index contributed by atoms with van der Waals surface area (Å²) in [6, 6.07) is 8.62. The number of carbonyl (C=O) groups is 1. The number of esters is 1. The topological polar surface area (TPSA) is 66.8 Å². The van der Waals surface area contributed by atoms with Crippen molar-refractivity contribution in [3.05, 3.63) is 30.3 Å². The quantitative estimate of drug-likeness (QED) is 0.369. The van der Waals surface area contributed by atoms with Crippen molar-refractivity contribution in [3.63, 3.8) is 0 Å². The van der Waals surface area contributed by atoms with Crippen LogP contribution in [0.5, 0.6) is 11.5 Å². The molecule has 0 aliphatic heterocycles. The molecule has 2 aromatic carbocycles. The van der Waals surface area contributed by atoms with Crippen LogP contribution in [0.15, 0.2) is 35.2 Å². The number of phenols is 2. The maximum Gasteiger partial charge on any atom is 0.316 e. The molecule has 4 nitrogen and oxygen atoms in total. The molecule has 0 aliphatic rings. The number of ether oxygens (including phenoxy) is 1. The lowest BCUT2D eigenvalue weighted by Crippen LogP contribution is -2.08. The zero-order valence-electron chi connectivity index (χ0n) is 11.8. The predicted molar refractivity (Wildman–Crippen MR) is 83.9 cm³/mol. The minimum absolute atomic E-state index is 0.137. The van der Waals surface area contributed by atoms with Gasteiger partial charge in [0.2, 0.25) is 0 Å². The molecule has 0 radical (unpaired) electrons. The lowest BCUT2D eigenvalue weighted by molar-refractivity contribution is -0.140. The van der Waals surface area contributed by atoms with Crippen molar-refractivity contribution in [3.8, 4) is 11.5 Å². The Balaban J connectivity index is 1.99. The minimum Gasteiger partial charge on any atom is -0.504 e. The van der Waals surface area contributed by atoms with Crippen LogP contribution >= 0.6 is 11.8 Å². The van der Waals surface area contributed by atoms with E-state index >= 15 is 0 Å². The molecule has 5 heteroatoms. The fraction of sp³-hybridized carbons (Fsp3) is 0.312. The number of hydrogen-bond donors (Lipinski definition) is 2. The molecule has 2 rings (SSSR count). The van der Waals surface area contributed by atoms with E-state index in [1.54, 1.807) is 0 Å². The Hall–Kier alpha value is -1.88. The van der Waals surface area contributed by atoms with Gasteiger partial charge in [0.1, 0.15) is 0 Å². The largest absolute Gasteiger partial charge is 0.504 e. The van der Waals surface area contributed by atoms with Gasteiger partial charge in [-0.05, 0) is 41.5 Å². The van der Waals surface area contributed by atoms with Crippen molar-refractivity contribution in [1.82, 2.24) is 0 Å². The van der Waals surface area contributed by atoms with Crippen LogP contribution in [0, 0.1) is 0 Å². The van der Waals surface area contributed by atoms with Gasteiger partial charge in [0.05, 0.1) is 12.4 Å². The van der Waals surface area contributed by atoms with Crippen LogP contribution in [0.2, 0.25) is 0 Å². The first-order valence-corrected chi connectivity index (χ1v) is 7.83. The minimum atomic E-state index is -0.220. The van der Waals surface area contributed by atoms with Gasteiger partial charge in [0.25, 0.3) is 0 Å². The highest BCUT2D eigenvalue weighted by atomic mass is 32.2. The average molecular weight is 306 g/mol. The fourth-order valence-electron chi connectivity index (χ4n) is 1.86. The standard InChI is InChI=1S/C16H18O4S/c1-2-3-6-20-16(19)10-21-13-5-4-11-8-14(17)15(18)9-12(11)7-13/h4-5,7-9,17-18H,2-3,6,10H2,1H3. The van der Waals surface area contributed by atoms with Crippen LogP contribution in [-0.2, 0) is 9.53 Å². The number of thioether (sulfide) groups is 1. The number of benzene rings is 2. The van der Waals surface area contributed by atoms with Crippen molar-refractivity contribution in [2.24, 2.45) is 0 Å². The molecule has 0 unspecified atom stereocenters. The Morgan fingerprint density at radius 3 is 2.57 bits per heavy atom.